The molecule has 3 unspecified atom stereocenters. The average Bonchev–Trinajstić information content (AvgIpc) is 3.38. The van der Waals surface area contributed by atoms with Crippen LogP contribution >= 0.6 is 7.82 Å². The maximum Gasteiger partial charge on any atom is 0.472 e. The minimum Gasteiger partial charge on any atom is -0.456 e. The van der Waals surface area contributed by atoms with Gasteiger partial charge < -0.3 is 19.4 Å². The van der Waals surface area contributed by atoms with Gasteiger partial charge in [-0.3, -0.25) is 18.6 Å². The van der Waals surface area contributed by atoms with Gasteiger partial charge in [0.05, 0.1) is 33.8 Å². The number of hydrogen-bond acceptors (Lipinski definition) is 6. The summed E-state index contributed by atoms with van der Waals surface area (Å²) in [4.78, 5) is 37.7. The van der Waals surface area contributed by atoms with Crippen molar-refractivity contribution in [3.05, 3.63) is 122 Å². The monoisotopic (exact) mass is 1080 g/mol. The van der Waals surface area contributed by atoms with Gasteiger partial charge in [0, 0.05) is 12.8 Å². The molecule has 3 atom stereocenters. The molecule has 0 aromatic rings. The molecule has 434 valence electrons. The molecule has 0 saturated heterocycles. The number of allylic oxidation sites excluding steroid dienone is 19. The maximum atomic E-state index is 13.5. The highest BCUT2D eigenvalue weighted by atomic mass is 31.2. The normalized spacial score (nSPS) is 14.6. The van der Waals surface area contributed by atoms with Crippen molar-refractivity contribution in [1.82, 2.24) is 5.32 Å². The SMILES string of the molecule is CC/C=C\C/C=C\C/C=C\C/C=C\C/C=C\C/C=C\CCCCCCC(=O)OC(/C=C\CCCCCCCCCCCCC)C(COP(=O)(O)OCC[N+](C)(C)C)NC(=O)CCCCCC/C=C/C/C=C/C/C=C/CC. The third-order valence-corrected chi connectivity index (χ3v) is 13.6. The molecule has 0 aromatic carbocycles. The van der Waals surface area contributed by atoms with Gasteiger partial charge in [-0.25, -0.2) is 4.57 Å². The van der Waals surface area contributed by atoms with Crippen molar-refractivity contribution in [3.8, 4) is 0 Å². The number of rotatable bonds is 53. The molecule has 76 heavy (non-hydrogen) atoms. The number of unbranched alkanes of at least 4 members (excludes halogenated alkanes) is 19. The summed E-state index contributed by atoms with van der Waals surface area (Å²) in [6.45, 7) is 6.73. The zero-order valence-corrected chi connectivity index (χ0v) is 50.3. The highest BCUT2D eigenvalue weighted by Gasteiger charge is 2.30. The molecule has 2 N–H and O–H groups in total. The van der Waals surface area contributed by atoms with E-state index in [1.165, 1.54) is 57.8 Å². The number of hydrogen-bond donors (Lipinski definition) is 2. The fourth-order valence-corrected chi connectivity index (χ4v) is 8.75. The topological polar surface area (TPSA) is 111 Å². The smallest absolute Gasteiger partial charge is 0.456 e. The van der Waals surface area contributed by atoms with Crippen molar-refractivity contribution >= 4 is 19.7 Å². The number of phosphoric ester groups is 1. The highest BCUT2D eigenvalue weighted by Crippen LogP contribution is 2.43. The molecule has 1 amide bonds. The quantitative estimate of drug-likeness (QED) is 0.0205. The second-order valence-electron chi connectivity index (χ2n) is 21.1. The van der Waals surface area contributed by atoms with Crippen molar-refractivity contribution in [2.24, 2.45) is 0 Å². The van der Waals surface area contributed by atoms with Crippen LogP contribution in [0.4, 0.5) is 0 Å². The Labute approximate surface area is 467 Å². The first-order chi connectivity index (χ1) is 36.9. The Kier molecular flexibility index (Phi) is 52.2. The average molecular weight is 1080 g/mol. The van der Waals surface area contributed by atoms with Crippen LogP contribution in [0.25, 0.3) is 0 Å². The molecule has 9 nitrogen and oxygen atoms in total. The van der Waals surface area contributed by atoms with Crippen LogP contribution in [-0.4, -0.2) is 74.3 Å². The number of likely N-dealkylation sites (N-methyl/N-ethyl adjacent to an activating group) is 1. The number of quaternary nitrogens is 1. The first-order valence-electron chi connectivity index (χ1n) is 30.4. The predicted molar refractivity (Wildman–Crippen MR) is 327 cm³/mol. The van der Waals surface area contributed by atoms with E-state index < -0.39 is 20.0 Å². The van der Waals surface area contributed by atoms with Crippen LogP contribution in [0.3, 0.4) is 0 Å². The second kappa shape index (κ2) is 54.8. The number of carbonyl (C=O) groups excluding carboxylic acids is 2. The Balaban J connectivity index is 5.36. The van der Waals surface area contributed by atoms with Gasteiger partial charge >= 0.3 is 13.8 Å². The lowest BCUT2D eigenvalue weighted by molar-refractivity contribution is -0.870. The van der Waals surface area contributed by atoms with E-state index in [9.17, 15) is 19.0 Å². The first-order valence-corrected chi connectivity index (χ1v) is 31.9. The van der Waals surface area contributed by atoms with Crippen LogP contribution in [0.2, 0.25) is 0 Å². The van der Waals surface area contributed by atoms with E-state index in [2.05, 4.69) is 135 Å². The number of phosphoric acid groups is 1. The van der Waals surface area contributed by atoms with Gasteiger partial charge in [-0.15, -0.1) is 0 Å². The molecule has 0 aliphatic carbocycles. The van der Waals surface area contributed by atoms with Gasteiger partial charge in [0.1, 0.15) is 19.3 Å². The van der Waals surface area contributed by atoms with Gasteiger partial charge in [0.15, 0.2) is 0 Å². The van der Waals surface area contributed by atoms with E-state index in [0.717, 1.165) is 128 Å². The van der Waals surface area contributed by atoms with Gasteiger partial charge in [-0.2, -0.15) is 0 Å². The Hall–Kier alpha value is -3.59. The Morgan fingerprint density at radius 2 is 0.842 bits per heavy atom. The minimum atomic E-state index is -4.47. The molecule has 0 radical (unpaired) electrons. The number of carbonyl (C=O) groups is 2. The van der Waals surface area contributed by atoms with Gasteiger partial charge in [0.25, 0.3) is 0 Å². The molecular weight excluding hydrogens is 964 g/mol. The van der Waals surface area contributed by atoms with Crippen LogP contribution in [-0.2, 0) is 27.9 Å². The van der Waals surface area contributed by atoms with E-state index in [4.69, 9.17) is 13.8 Å². The molecule has 0 fully saturated rings. The zero-order chi connectivity index (χ0) is 55.7. The molecule has 0 aromatic heterocycles. The molecule has 0 saturated carbocycles. The standard InChI is InChI=1S/C66H113N2O7P/c1-7-10-13-16-19-22-25-28-30-31-32-33-34-35-36-37-38-41-44-47-50-53-56-59-66(70)75-64(57-54-51-48-45-42-39-27-24-21-18-15-12-9-3)63(62-74-76(71,72)73-61-60-68(4,5)6)67-65(69)58-55-52-49-46-43-40-29-26-23-20-17-14-11-8-2/h10-11,13-14,19-20,22-23,28-30,32-33,35-36,38,40-41,54,57,63-64H,7-9,12,15-18,21,24-27,31,34,37,39,42-53,55-56,58-62H2,1-6H3,(H-,67,69,71,72)/p+1/b13-10-,14-11+,22-19-,23-20+,30-28-,33-32-,36-35-,40-29+,41-38-,57-54-. The molecular formula is C66H114N2O7P+. The predicted octanol–water partition coefficient (Wildman–Crippen LogP) is 18.7. The number of nitrogens with one attached hydrogen (secondary N) is 1. The summed E-state index contributed by atoms with van der Waals surface area (Å²) in [5, 5.41) is 3.03. The lowest BCUT2D eigenvalue weighted by Gasteiger charge is -2.27. The fraction of sp³-hybridized carbons (Fsp3) is 0.667. The van der Waals surface area contributed by atoms with Crippen LogP contribution < -0.4 is 5.32 Å². The van der Waals surface area contributed by atoms with E-state index in [-0.39, 0.29) is 31.5 Å². The van der Waals surface area contributed by atoms with Gasteiger partial charge in [0.2, 0.25) is 5.91 Å². The van der Waals surface area contributed by atoms with Crippen LogP contribution in [0.15, 0.2) is 122 Å². The second-order valence-corrected chi connectivity index (χ2v) is 22.6. The Morgan fingerprint density at radius 1 is 0.474 bits per heavy atom. The Bertz CT molecular complexity index is 1720. The van der Waals surface area contributed by atoms with E-state index >= 15 is 0 Å². The van der Waals surface area contributed by atoms with E-state index in [0.29, 0.717) is 30.3 Å². The van der Waals surface area contributed by atoms with Crippen LogP contribution in [0.5, 0.6) is 0 Å². The molecule has 0 aliphatic rings. The summed E-state index contributed by atoms with van der Waals surface area (Å²) < 4.78 is 30.6. The van der Waals surface area contributed by atoms with Crippen molar-refractivity contribution in [2.45, 2.75) is 245 Å². The van der Waals surface area contributed by atoms with Crippen molar-refractivity contribution in [3.63, 3.8) is 0 Å². The summed E-state index contributed by atoms with van der Waals surface area (Å²) >= 11 is 0. The largest absolute Gasteiger partial charge is 0.472 e. The third-order valence-electron chi connectivity index (χ3n) is 12.6. The van der Waals surface area contributed by atoms with Crippen LogP contribution in [0, 0.1) is 0 Å². The van der Waals surface area contributed by atoms with Crippen molar-refractivity contribution in [2.75, 3.05) is 40.9 Å². The van der Waals surface area contributed by atoms with Crippen LogP contribution in [0.1, 0.15) is 233 Å². The molecule has 0 spiro atoms. The molecule has 0 aliphatic heterocycles. The number of amides is 1. The summed E-state index contributed by atoms with van der Waals surface area (Å²) in [6.07, 6.45) is 76.2. The van der Waals surface area contributed by atoms with Gasteiger partial charge in [-0.1, -0.05) is 226 Å². The highest BCUT2D eigenvalue weighted by molar-refractivity contribution is 7.47. The molecule has 0 heterocycles. The zero-order valence-electron chi connectivity index (χ0n) is 49.4. The first kappa shape index (κ1) is 72.4. The molecule has 0 bridgehead atoms. The lowest BCUT2D eigenvalue weighted by Crippen LogP contribution is -2.47. The van der Waals surface area contributed by atoms with E-state index in [1.54, 1.807) is 0 Å². The number of nitrogens with zero attached hydrogens (tertiary/aromatic N) is 1. The number of esters is 1. The number of ether oxygens (including phenoxy) is 1. The summed E-state index contributed by atoms with van der Waals surface area (Å²) in [5.74, 6) is -0.569. The fourth-order valence-electron chi connectivity index (χ4n) is 8.01. The lowest BCUT2D eigenvalue weighted by atomic mass is 10.0. The minimum absolute atomic E-state index is 0.0246. The third kappa shape index (κ3) is 55.2. The molecule has 10 heteroatoms. The summed E-state index contributed by atoms with van der Waals surface area (Å²) in [5.41, 5.74) is 0. The summed E-state index contributed by atoms with van der Waals surface area (Å²) in [7, 11) is 1.45. The van der Waals surface area contributed by atoms with Crippen molar-refractivity contribution < 1.29 is 37.3 Å². The van der Waals surface area contributed by atoms with Crippen molar-refractivity contribution in [1.29, 1.82) is 0 Å². The maximum absolute atomic E-state index is 13.5. The van der Waals surface area contributed by atoms with Gasteiger partial charge in [-0.05, 0) is 115 Å². The Morgan fingerprint density at radius 3 is 1.26 bits per heavy atom. The summed E-state index contributed by atoms with van der Waals surface area (Å²) in [6, 6.07) is -0.879. The van der Waals surface area contributed by atoms with E-state index in [1.807, 2.05) is 33.3 Å². The molecule has 0 rings (SSSR count).